The van der Waals surface area contributed by atoms with E-state index in [0.29, 0.717) is 64.0 Å². The van der Waals surface area contributed by atoms with Gasteiger partial charge in [0.1, 0.15) is 29.9 Å². The molecule has 0 aliphatic heterocycles. The predicted molar refractivity (Wildman–Crippen MR) is 144 cm³/mol. The van der Waals surface area contributed by atoms with Crippen LogP contribution in [0.1, 0.15) is 12.5 Å². The first-order valence-electron chi connectivity index (χ1n) is 11.6. The number of nitriles is 1. The van der Waals surface area contributed by atoms with E-state index in [1.807, 2.05) is 0 Å². The number of fused-ring (bicyclic) bond motifs is 1. The minimum absolute atomic E-state index is 0.169. The van der Waals surface area contributed by atoms with E-state index in [4.69, 9.17) is 14.2 Å². The SMILES string of the molecule is COCCOc1cc2nccc(Oc3ccc(NC(=O)Nc4ccc(NC(C)=O)cc4)cc3)c2cc1C#N. The molecule has 1 heterocycles. The van der Waals surface area contributed by atoms with Gasteiger partial charge in [-0.05, 0) is 60.7 Å². The lowest BCUT2D eigenvalue weighted by Gasteiger charge is -2.12. The lowest BCUT2D eigenvalue weighted by molar-refractivity contribution is -0.114. The Balaban J connectivity index is 1.41. The minimum Gasteiger partial charge on any atom is -0.490 e. The van der Waals surface area contributed by atoms with Crippen molar-refractivity contribution < 1.29 is 23.8 Å². The third kappa shape index (κ3) is 6.75. The van der Waals surface area contributed by atoms with Gasteiger partial charge in [-0.2, -0.15) is 5.26 Å². The molecular formula is C28H25N5O5. The fourth-order valence-corrected chi connectivity index (χ4v) is 3.55. The van der Waals surface area contributed by atoms with E-state index in [1.165, 1.54) is 6.92 Å². The Morgan fingerprint density at radius 2 is 1.50 bits per heavy atom. The number of pyridine rings is 1. The van der Waals surface area contributed by atoms with Gasteiger partial charge in [0, 0.05) is 48.7 Å². The highest BCUT2D eigenvalue weighted by molar-refractivity contribution is 6.00. The van der Waals surface area contributed by atoms with Crippen molar-refractivity contribution in [1.29, 1.82) is 5.26 Å². The second kappa shape index (κ2) is 12.2. The average Bonchev–Trinajstić information content (AvgIpc) is 2.90. The molecule has 0 fully saturated rings. The van der Waals surface area contributed by atoms with Crippen molar-refractivity contribution in [3.8, 4) is 23.3 Å². The third-order valence-electron chi connectivity index (χ3n) is 5.27. The van der Waals surface area contributed by atoms with Gasteiger partial charge < -0.3 is 30.2 Å². The zero-order chi connectivity index (χ0) is 26.9. The molecule has 0 radical (unpaired) electrons. The average molecular weight is 512 g/mol. The van der Waals surface area contributed by atoms with Crippen molar-refractivity contribution in [2.24, 2.45) is 0 Å². The Bertz CT molecular complexity index is 1480. The Labute approximate surface area is 219 Å². The fraction of sp³-hybridized carbons (Fsp3) is 0.143. The van der Waals surface area contributed by atoms with E-state index in [0.717, 1.165) is 0 Å². The number of amides is 3. The van der Waals surface area contributed by atoms with Crippen LogP contribution in [-0.2, 0) is 9.53 Å². The van der Waals surface area contributed by atoms with E-state index in [-0.39, 0.29) is 5.91 Å². The number of aromatic nitrogens is 1. The number of carbonyl (C=O) groups is 2. The highest BCUT2D eigenvalue weighted by Gasteiger charge is 2.12. The molecule has 10 nitrogen and oxygen atoms in total. The number of methoxy groups -OCH3 is 1. The molecule has 0 bridgehead atoms. The molecule has 3 amide bonds. The first-order valence-corrected chi connectivity index (χ1v) is 11.6. The van der Waals surface area contributed by atoms with Crippen LogP contribution in [0.15, 0.2) is 72.9 Å². The largest absolute Gasteiger partial charge is 0.490 e. The number of hydrogen-bond donors (Lipinski definition) is 3. The summed E-state index contributed by atoms with van der Waals surface area (Å²) in [4.78, 5) is 27.9. The van der Waals surface area contributed by atoms with E-state index in [1.54, 1.807) is 80.0 Å². The highest BCUT2D eigenvalue weighted by atomic mass is 16.5. The van der Waals surface area contributed by atoms with Gasteiger partial charge in [0.2, 0.25) is 5.91 Å². The maximum Gasteiger partial charge on any atom is 0.323 e. The Morgan fingerprint density at radius 3 is 2.11 bits per heavy atom. The molecule has 10 heteroatoms. The molecule has 4 aromatic rings. The summed E-state index contributed by atoms with van der Waals surface area (Å²) < 4.78 is 16.7. The number of anilines is 3. The van der Waals surface area contributed by atoms with Crippen LogP contribution in [0.3, 0.4) is 0 Å². The van der Waals surface area contributed by atoms with Gasteiger partial charge in [-0.25, -0.2) is 4.79 Å². The smallest absolute Gasteiger partial charge is 0.323 e. The van der Waals surface area contributed by atoms with Crippen LogP contribution in [0.25, 0.3) is 10.9 Å². The maximum absolute atomic E-state index is 12.4. The van der Waals surface area contributed by atoms with Gasteiger partial charge in [-0.15, -0.1) is 0 Å². The molecule has 38 heavy (non-hydrogen) atoms. The Morgan fingerprint density at radius 1 is 0.868 bits per heavy atom. The zero-order valence-corrected chi connectivity index (χ0v) is 20.8. The van der Waals surface area contributed by atoms with E-state index in [9.17, 15) is 14.9 Å². The summed E-state index contributed by atoms with van der Waals surface area (Å²) in [6.07, 6.45) is 1.62. The van der Waals surface area contributed by atoms with Crippen molar-refractivity contribution in [1.82, 2.24) is 4.98 Å². The number of urea groups is 1. The molecule has 192 valence electrons. The molecule has 0 atom stereocenters. The standard InChI is InChI=1S/C28H25N5O5/c1-18(34)31-20-3-5-21(6-4-20)32-28(35)33-22-7-9-23(10-8-22)38-26-11-12-30-25-16-27(37-14-13-36-2)19(17-29)15-24(25)26/h3-12,15-16H,13-14H2,1-2H3,(H,31,34)(H2,32,33,35). The fourth-order valence-electron chi connectivity index (χ4n) is 3.55. The van der Waals surface area contributed by atoms with Crippen LogP contribution in [0.4, 0.5) is 21.9 Å². The molecular weight excluding hydrogens is 486 g/mol. The van der Waals surface area contributed by atoms with Gasteiger partial charge in [0.25, 0.3) is 0 Å². The van der Waals surface area contributed by atoms with E-state index < -0.39 is 6.03 Å². The van der Waals surface area contributed by atoms with Crippen LogP contribution in [0, 0.1) is 11.3 Å². The van der Waals surface area contributed by atoms with Crippen molar-refractivity contribution in [2.45, 2.75) is 6.92 Å². The molecule has 1 aromatic heterocycles. The second-order valence-corrected chi connectivity index (χ2v) is 8.09. The summed E-state index contributed by atoms with van der Waals surface area (Å²) >= 11 is 0. The van der Waals surface area contributed by atoms with Crippen molar-refractivity contribution in [3.63, 3.8) is 0 Å². The lowest BCUT2D eigenvalue weighted by atomic mass is 10.1. The Hall–Kier alpha value is -5.14. The molecule has 4 rings (SSSR count). The molecule has 3 N–H and O–H groups in total. The quantitative estimate of drug-likeness (QED) is 0.252. The first kappa shape index (κ1) is 25.9. The number of nitrogens with zero attached hydrogens (tertiary/aromatic N) is 2. The van der Waals surface area contributed by atoms with Crippen molar-refractivity contribution in [2.75, 3.05) is 36.3 Å². The molecule has 3 aromatic carbocycles. The topological polar surface area (TPSA) is 135 Å². The van der Waals surface area contributed by atoms with E-state index in [2.05, 4.69) is 27.0 Å². The van der Waals surface area contributed by atoms with Crippen LogP contribution in [-0.4, -0.2) is 37.2 Å². The van der Waals surface area contributed by atoms with E-state index >= 15 is 0 Å². The highest BCUT2D eigenvalue weighted by Crippen LogP contribution is 2.33. The first-order chi connectivity index (χ1) is 18.4. The predicted octanol–water partition coefficient (Wildman–Crippen LogP) is 5.53. The third-order valence-corrected chi connectivity index (χ3v) is 5.27. The number of benzene rings is 3. The summed E-state index contributed by atoms with van der Waals surface area (Å²) in [5.74, 6) is 1.32. The van der Waals surface area contributed by atoms with Crippen LogP contribution in [0.2, 0.25) is 0 Å². The van der Waals surface area contributed by atoms with Gasteiger partial charge in [-0.1, -0.05) is 0 Å². The second-order valence-electron chi connectivity index (χ2n) is 8.09. The summed E-state index contributed by atoms with van der Waals surface area (Å²) in [6.45, 7) is 2.14. The molecule has 0 unspecified atom stereocenters. The monoisotopic (exact) mass is 511 g/mol. The zero-order valence-electron chi connectivity index (χ0n) is 20.8. The molecule has 0 aliphatic rings. The van der Waals surface area contributed by atoms with Crippen molar-refractivity contribution >= 4 is 39.9 Å². The molecule has 0 saturated heterocycles. The lowest BCUT2D eigenvalue weighted by Crippen LogP contribution is -2.19. The summed E-state index contributed by atoms with van der Waals surface area (Å²) in [7, 11) is 1.58. The summed E-state index contributed by atoms with van der Waals surface area (Å²) in [6, 6.07) is 20.5. The van der Waals surface area contributed by atoms with Gasteiger partial charge >= 0.3 is 6.03 Å². The molecule has 0 spiro atoms. The number of rotatable bonds is 9. The van der Waals surface area contributed by atoms with Gasteiger partial charge in [-0.3, -0.25) is 9.78 Å². The number of carbonyl (C=O) groups excluding carboxylic acids is 2. The molecule has 0 saturated carbocycles. The minimum atomic E-state index is -0.418. The number of ether oxygens (including phenoxy) is 3. The number of nitrogens with one attached hydrogen (secondary N) is 3. The van der Waals surface area contributed by atoms with Crippen LogP contribution < -0.4 is 25.4 Å². The van der Waals surface area contributed by atoms with Crippen LogP contribution >= 0.6 is 0 Å². The van der Waals surface area contributed by atoms with Crippen LogP contribution in [0.5, 0.6) is 17.2 Å². The van der Waals surface area contributed by atoms with Crippen molar-refractivity contribution in [3.05, 3.63) is 78.5 Å². The molecule has 0 aliphatic carbocycles. The number of hydrogen-bond acceptors (Lipinski definition) is 7. The normalized spacial score (nSPS) is 10.3. The maximum atomic E-state index is 12.4. The Kier molecular flexibility index (Phi) is 8.33. The summed E-state index contributed by atoms with van der Waals surface area (Å²) in [5.41, 5.74) is 2.76. The van der Waals surface area contributed by atoms with Gasteiger partial charge in [0.15, 0.2) is 0 Å². The summed E-state index contributed by atoms with van der Waals surface area (Å²) in [5, 5.41) is 18.4. The van der Waals surface area contributed by atoms with Gasteiger partial charge in [0.05, 0.1) is 17.7 Å².